The van der Waals surface area contributed by atoms with Crippen molar-refractivity contribution in [3.63, 3.8) is 0 Å². The average molecular weight is 412 g/mol. The highest BCUT2D eigenvalue weighted by Crippen LogP contribution is 2.34. The van der Waals surface area contributed by atoms with E-state index in [1.165, 1.54) is 12.1 Å². The molecule has 0 spiro atoms. The second-order valence-electron chi connectivity index (χ2n) is 5.57. The molecule has 1 aromatic carbocycles. The lowest BCUT2D eigenvalue weighted by molar-refractivity contribution is -0.200. The average Bonchev–Trinajstić information content (AvgIpc) is 2.76. The number of halogens is 5. The summed E-state index contributed by atoms with van der Waals surface area (Å²) in [7, 11) is 0. The Morgan fingerprint density at radius 3 is 2.50 bits per heavy atom. The van der Waals surface area contributed by atoms with Crippen molar-refractivity contribution in [2.24, 2.45) is 0 Å². The van der Waals surface area contributed by atoms with Gasteiger partial charge in [-0.3, -0.25) is 19.8 Å². The maximum atomic E-state index is 13.6. The minimum absolute atomic E-state index is 0.174. The van der Waals surface area contributed by atoms with Crippen LogP contribution in [0.5, 0.6) is 0 Å². The van der Waals surface area contributed by atoms with E-state index in [0.29, 0.717) is 17.7 Å². The first-order valence-electron chi connectivity index (χ1n) is 7.52. The number of carbonyl (C=O) groups is 3. The molecule has 1 aromatic rings. The monoisotopic (exact) mass is 411 g/mol. The van der Waals surface area contributed by atoms with Crippen LogP contribution in [-0.4, -0.2) is 41.1 Å². The maximum absolute atomic E-state index is 13.6. The molecular formula is C15H14Cl2F3N3O3. The second kappa shape index (κ2) is 7.32. The number of hydrogen-bond acceptors (Lipinski definition) is 3. The molecule has 0 saturated carbocycles. The molecule has 0 aromatic heterocycles. The zero-order valence-electron chi connectivity index (χ0n) is 13.4. The standard InChI is InChI=1S/C15H14Cl2F3N3O3/c1-2-3-6-23-12(25)14(15(18,19)20,22-13(23)26)21-11(24)9-5-4-8(16)7-10(9)17/h4-5,7H,2-3,6H2,1H3,(H,21,24)(H,22,26). The van der Waals surface area contributed by atoms with Crippen molar-refractivity contribution in [1.29, 1.82) is 0 Å². The van der Waals surface area contributed by atoms with Crippen molar-refractivity contribution in [2.75, 3.05) is 6.54 Å². The molecule has 11 heteroatoms. The summed E-state index contributed by atoms with van der Waals surface area (Å²) in [5.74, 6) is -2.88. The van der Waals surface area contributed by atoms with Crippen molar-refractivity contribution in [1.82, 2.24) is 15.5 Å². The molecule has 2 rings (SSSR count). The van der Waals surface area contributed by atoms with Crippen LogP contribution in [0.3, 0.4) is 0 Å². The van der Waals surface area contributed by atoms with Gasteiger partial charge in [-0.05, 0) is 24.6 Å². The first-order chi connectivity index (χ1) is 12.0. The Balaban J connectivity index is 2.38. The van der Waals surface area contributed by atoms with E-state index in [-0.39, 0.29) is 22.2 Å². The van der Waals surface area contributed by atoms with Gasteiger partial charge in [0, 0.05) is 11.6 Å². The van der Waals surface area contributed by atoms with Crippen molar-refractivity contribution >= 4 is 41.0 Å². The summed E-state index contributed by atoms with van der Waals surface area (Å²) in [6.07, 6.45) is -4.39. The number of nitrogens with zero attached hydrogens (tertiary/aromatic N) is 1. The van der Waals surface area contributed by atoms with Gasteiger partial charge in [-0.15, -0.1) is 0 Å². The van der Waals surface area contributed by atoms with Crippen LogP contribution >= 0.6 is 23.2 Å². The van der Waals surface area contributed by atoms with Crippen LogP contribution < -0.4 is 10.6 Å². The normalized spacial score (nSPS) is 20.3. The molecule has 1 fully saturated rings. The summed E-state index contributed by atoms with van der Waals surface area (Å²) >= 11 is 11.5. The number of nitrogens with one attached hydrogen (secondary N) is 2. The molecule has 0 radical (unpaired) electrons. The fourth-order valence-corrected chi connectivity index (χ4v) is 2.85. The zero-order valence-corrected chi connectivity index (χ0v) is 14.9. The SMILES string of the molecule is CCCCN1C(=O)NC(NC(=O)c2ccc(Cl)cc2Cl)(C(F)(F)F)C1=O. The molecule has 142 valence electrons. The van der Waals surface area contributed by atoms with Crippen LogP contribution in [0.4, 0.5) is 18.0 Å². The van der Waals surface area contributed by atoms with Crippen LogP contribution in [0, 0.1) is 0 Å². The number of carbonyl (C=O) groups excluding carboxylic acids is 3. The van der Waals surface area contributed by atoms with E-state index >= 15 is 0 Å². The van der Waals surface area contributed by atoms with Crippen molar-refractivity contribution in [3.8, 4) is 0 Å². The number of unbranched alkanes of at least 4 members (excludes halogenated alkanes) is 1. The van der Waals surface area contributed by atoms with Gasteiger partial charge in [0.1, 0.15) is 0 Å². The van der Waals surface area contributed by atoms with Crippen molar-refractivity contribution < 1.29 is 27.6 Å². The number of hydrogen-bond donors (Lipinski definition) is 2. The van der Waals surface area contributed by atoms with Gasteiger partial charge in [0.25, 0.3) is 17.5 Å². The summed E-state index contributed by atoms with van der Waals surface area (Å²) in [5.41, 5.74) is -3.88. The Morgan fingerprint density at radius 1 is 1.31 bits per heavy atom. The van der Waals surface area contributed by atoms with Gasteiger partial charge in [0.2, 0.25) is 0 Å². The van der Waals surface area contributed by atoms with Gasteiger partial charge in [-0.25, -0.2) is 4.79 Å². The third-order valence-electron chi connectivity index (χ3n) is 3.74. The highest BCUT2D eigenvalue weighted by Gasteiger charge is 2.68. The molecule has 6 nitrogen and oxygen atoms in total. The third-order valence-corrected chi connectivity index (χ3v) is 4.29. The predicted octanol–water partition coefficient (Wildman–Crippen LogP) is 3.33. The Hall–Kier alpha value is -2.00. The van der Waals surface area contributed by atoms with E-state index in [2.05, 4.69) is 0 Å². The summed E-state index contributed by atoms with van der Waals surface area (Å²) < 4.78 is 40.9. The van der Waals surface area contributed by atoms with Crippen LogP contribution in [0.2, 0.25) is 10.0 Å². The molecule has 1 aliphatic rings. The first kappa shape index (κ1) is 20.3. The van der Waals surface area contributed by atoms with Crippen LogP contribution in [-0.2, 0) is 4.79 Å². The second-order valence-corrected chi connectivity index (χ2v) is 6.41. The summed E-state index contributed by atoms with van der Waals surface area (Å²) in [6, 6.07) is 2.30. The summed E-state index contributed by atoms with van der Waals surface area (Å²) in [4.78, 5) is 37.0. The number of benzene rings is 1. The smallest absolute Gasteiger partial charge is 0.314 e. The first-order valence-corrected chi connectivity index (χ1v) is 8.27. The lowest BCUT2D eigenvalue weighted by Gasteiger charge is -2.30. The van der Waals surface area contributed by atoms with Gasteiger partial charge >= 0.3 is 12.2 Å². The zero-order chi connectivity index (χ0) is 19.7. The molecule has 4 amide bonds. The Morgan fingerprint density at radius 2 is 1.96 bits per heavy atom. The third kappa shape index (κ3) is 3.59. The topological polar surface area (TPSA) is 78.5 Å². The summed E-state index contributed by atoms with van der Waals surface area (Å²) in [5, 5.41) is 3.11. The van der Waals surface area contributed by atoms with E-state index in [4.69, 9.17) is 23.2 Å². The van der Waals surface area contributed by atoms with Crippen LogP contribution in [0.15, 0.2) is 18.2 Å². The fraction of sp³-hybridized carbons (Fsp3) is 0.400. The number of rotatable bonds is 5. The lowest BCUT2D eigenvalue weighted by Crippen LogP contribution is -2.69. The molecule has 0 bridgehead atoms. The molecule has 1 heterocycles. The number of alkyl halides is 3. The van der Waals surface area contributed by atoms with E-state index in [9.17, 15) is 27.6 Å². The molecule has 1 atom stereocenters. The molecule has 0 aliphatic carbocycles. The molecule has 1 unspecified atom stereocenters. The van der Waals surface area contributed by atoms with Crippen molar-refractivity contribution in [3.05, 3.63) is 33.8 Å². The van der Waals surface area contributed by atoms with Gasteiger partial charge in [0.05, 0.1) is 10.6 Å². The van der Waals surface area contributed by atoms with Gasteiger partial charge in [0.15, 0.2) is 0 Å². The van der Waals surface area contributed by atoms with E-state index in [0.717, 1.165) is 6.07 Å². The van der Waals surface area contributed by atoms with E-state index < -0.39 is 29.7 Å². The molecule has 1 saturated heterocycles. The van der Waals surface area contributed by atoms with Crippen LogP contribution in [0.1, 0.15) is 30.1 Å². The largest absolute Gasteiger partial charge is 0.440 e. The number of urea groups is 1. The molecule has 26 heavy (non-hydrogen) atoms. The van der Waals surface area contributed by atoms with Gasteiger partial charge in [-0.1, -0.05) is 36.5 Å². The van der Waals surface area contributed by atoms with Crippen LogP contribution in [0.25, 0.3) is 0 Å². The summed E-state index contributed by atoms with van der Waals surface area (Å²) in [6.45, 7) is 1.55. The van der Waals surface area contributed by atoms with E-state index in [1.54, 1.807) is 17.6 Å². The lowest BCUT2D eigenvalue weighted by atomic mass is 10.1. The van der Waals surface area contributed by atoms with Gasteiger partial charge in [-0.2, -0.15) is 13.2 Å². The molecular weight excluding hydrogens is 398 g/mol. The van der Waals surface area contributed by atoms with E-state index in [1.807, 2.05) is 0 Å². The molecule has 2 N–H and O–H groups in total. The Labute approximate surface area is 156 Å². The fourth-order valence-electron chi connectivity index (χ4n) is 2.35. The maximum Gasteiger partial charge on any atom is 0.440 e. The van der Waals surface area contributed by atoms with Gasteiger partial charge < -0.3 is 5.32 Å². The Kier molecular flexibility index (Phi) is 5.72. The number of amides is 4. The highest BCUT2D eigenvalue weighted by molar-refractivity contribution is 6.36. The Bertz CT molecular complexity index is 757. The predicted molar refractivity (Wildman–Crippen MR) is 87.9 cm³/mol. The highest BCUT2D eigenvalue weighted by atomic mass is 35.5. The minimum Gasteiger partial charge on any atom is -0.314 e. The minimum atomic E-state index is -5.27. The van der Waals surface area contributed by atoms with Crippen molar-refractivity contribution in [2.45, 2.75) is 31.6 Å². The quantitative estimate of drug-likeness (QED) is 0.729. The number of imide groups is 1. The molecule has 1 aliphatic heterocycles.